The Morgan fingerprint density at radius 3 is 2.44 bits per heavy atom. The van der Waals surface area contributed by atoms with Gasteiger partial charge in [-0.25, -0.2) is 4.68 Å². The second kappa shape index (κ2) is 10.5. The molecule has 1 aromatic heterocycles. The maximum atomic E-state index is 12.8. The average Bonchev–Trinajstić information content (AvgIpc) is 3.17. The molecule has 0 bridgehead atoms. The Kier molecular flexibility index (Phi) is 7.23. The molecule has 1 heterocycles. The summed E-state index contributed by atoms with van der Waals surface area (Å²) in [6, 6.07) is 22.6. The first-order valence-electron chi connectivity index (χ1n) is 11.1. The average molecular weight is 475 g/mol. The van der Waals surface area contributed by atoms with Gasteiger partial charge in [0, 0.05) is 5.56 Å². The Morgan fingerprint density at radius 1 is 1.03 bits per heavy atom. The quantitative estimate of drug-likeness (QED) is 0.194. The predicted octanol–water partition coefficient (Wildman–Crippen LogP) is 6.89. The van der Waals surface area contributed by atoms with Crippen molar-refractivity contribution in [1.82, 2.24) is 9.78 Å². The van der Waals surface area contributed by atoms with Gasteiger partial charge in [-0.3, -0.25) is 4.79 Å². The number of carbonyl (C=O) groups is 1. The van der Waals surface area contributed by atoms with Crippen LogP contribution in [0.2, 0.25) is 0 Å². The SMILES string of the molecule is Cc1ccc(C(C)C)c(OCc2nn(CC(=O)c3ccc(Oc4ccccc4)cc3)c(=S)o2)c1. The molecular weight excluding hydrogens is 448 g/mol. The second-order valence-electron chi connectivity index (χ2n) is 8.27. The molecule has 0 unspecified atom stereocenters. The van der Waals surface area contributed by atoms with Gasteiger partial charge in [0.2, 0.25) is 0 Å². The molecule has 3 aromatic carbocycles. The van der Waals surface area contributed by atoms with Gasteiger partial charge >= 0.3 is 0 Å². The molecule has 0 aliphatic carbocycles. The number of carbonyl (C=O) groups excluding carboxylic acids is 1. The van der Waals surface area contributed by atoms with Gasteiger partial charge in [0.15, 0.2) is 12.4 Å². The number of para-hydroxylation sites is 1. The second-order valence-corrected chi connectivity index (χ2v) is 8.62. The lowest BCUT2D eigenvalue weighted by molar-refractivity contribution is 0.0966. The van der Waals surface area contributed by atoms with E-state index in [9.17, 15) is 4.79 Å². The highest BCUT2D eigenvalue weighted by Gasteiger charge is 2.14. The molecule has 34 heavy (non-hydrogen) atoms. The van der Waals surface area contributed by atoms with E-state index in [-0.39, 0.29) is 23.8 Å². The summed E-state index contributed by atoms with van der Waals surface area (Å²) >= 11 is 5.26. The number of ether oxygens (including phenoxy) is 2. The molecule has 4 rings (SSSR count). The molecule has 0 aliphatic rings. The highest BCUT2D eigenvalue weighted by molar-refractivity contribution is 7.71. The van der Waals surface area contributed by atoms with Crippen molar-refractivity contribution < 1.29 is 18.7 Å². The van der Waals surface area contributed by atoms with Crippen LogP contribution < -0.4 is 9.47 Å². The third kappa shape index (κ3) is 5.80. The van der Waals surface area contributed by atoms with E-state index >= 15 is 0 Å². The molecule has 4 aromatic rings. The fraction of sp³-hybridized carbons (Fsp3) is 0.222. The number of hydrogen-bond acceptors (Lipinski definition) is 6. The van der Waals surface area contributed by atoms with E-state index in [1.165, 1.54) is 4.68 Å². The van der Waals surface area contributed by atoms with E-state index in [0.29, 0.717) is 23.1 Å². The number of rotatable bonds is 9. The zero-order valence-corrected chi connectivity index (χ0v) is 20.2. The van der Waals surface area contributed by atoms with Crippen molar-refractivity contribution >= 4 is 18.0 Å². The zero-order chi connectivity index (χ0) is 24.1. The van der Waals surface area contributed by atoms with Crippen molar-refractivity contribution in [1.29, 1.82) is 0 Å². The van der Waals surface area contributed by atoms with Gasteiger partial charge in [-0.05, 0) is 78.7 Å². The van der Waals surface area contributed by atoms with Crippen molar-refractivity contribution in [3.8, 4) is 17.2 Å². The first-order valence-corrected chi connectivity index (χ1v) is 11.5. The predicted molar refractivity (Wildman–Crippen MR) is 132 cm³/mol. The Bertz CT molecular complexity index is 1330. The molecule has 0 radical (unpaired) electrons. The number of aromatic nitrogens is 2. The molecule has 6 nitrogen and oxygen atoms in total. The molecule has 0 aliphatic heterocycles. The number of ketones is 1. The summed E-state index contributed by atoms with van der Waals surface area (Å²) in [5, 5.41) is 4.34. The van der Waals surface area contributed by atoms with Crippen molar-refractivity contribution in [2.45, 2.75) is 39.8 Å². The Hall–Kier alpha value is -3.71. The Labute approximate surface area is 203 Å². The fourth-order valence-electron chi connectivity index (χ4n) is 3.45. The van der Waals surface area contributed by atoms with Crippen molar-refractivity contribution in [3.05, 3.63) is 100 Å². The molecule has 0 fully saturated rings. The minimum absolute atomic E-state index is 0.0249. The van der Waals surface area contributed by atoms with Crippen molar-refractivity contribution in [2.75, 3.05) is 0 Å². The standard InChI is InChI=1S/C27H26N2O4S/c1-18(2)23-14-9-19(3)15-25(23)31-17-26-28-29(27(34)33-26)16-24(30)20-10-12-22(13-11-20)32-21-7-5-4-6-8-21/h4-15,18H,16-17H2,1-3H3. The summed E-state index contributed by atoms with van der Waals surface area (Å²) in [5.74, 6) is 2.68. The van der Waals surface area contributed by atoms with E-state index in [0.717, 1.165) is 22.6 Å². The first-order chi connectivity index (χ1) is 16.4. The largest absolute Gasteiger partial charge is 0.484 e. The minimum atomic E-state index is -0.135. The van der Waals surface area contributed by atoms with E-state index in [1.54, 1.807) is 24.3 Å². The topological polar surface area (TPSA) is 66.5 Å². The van der Waals surface area contributed by atoms with Gasteiger partial charge in [-0.2, -0.15) is 0 Å². The normalized spacial score (nSPS) is 10.9. The molecule has 0 amide bonds. The molecule has 0 saturated heterocycles. The molecule has 0 N–H and O–H groups in total. The van der Waals surface area contributed by atoms with Crippen LogP contribution in [-0.4, -0.2) is 15.6 Å². The van der Waals surface area contributed by atoms with E-state index in [4.69, 9.17) is 26.1 Å². The Balaban J connectivity index is 1.40. The lowest BCUT2D eigenvalue weighted by Crippen LogP contribution is -2.12. The Morgan fingerprint density at radius 2 is 1.74 bits per heavy atom. The molecule has 0 atom stereocenters. The van der Waals surface area contributed by atoms with Crippen LogP contribution in [0, 0.1) is 11.8 Å². The summed E-state index contributed by atoms with van der Waals surface area (Å²) in [5.41, 5.74) is 2.75. The molecule has 0 saturated carbocycles. The number of hydrogen-bond donors (Lipinski definition) is 0. The van der Waals surface area contributed by atoms with Crippen LogP contribution in [0.3, 0.4) is 0 Å². The molecule has 7 heteroatoms. The first kappa shape index (κ1) is 23.4. The lowest BCUT2D eigenvalue weighted by Gasteiger charge is -2.13. The lowest BCUT2D eigenvalue weighted by atomic mass is 10.0. The number of benzene rings is 3. The van der Waals surface area contributed by atoms with Crippen molar-refractivity contribution in [2.24, 2.45) is 0 Å². The van der Waals surface area contributed by atoms with E-state index in [2.05, 4.69) is 31.1 Å². The number of nitrogens with zero attached hydrogens (tertiary/aromatic N) is 2. The van der Waals surface area contributed by atoms with Gasteiger partial charge in [0.05, 0.1) is 0 Å². The van der Waals surface area contributed by atoms with Crippen LogP contribution in [0.1, 0.15) is 47.1 Å². The van der Waals surface area contributed by atoms with Gasteiger partial charge in [0.25, 0.3) is 10.7 Å². The third-order valence-corrected chi connectivity index (χ3v) is 5.53. The van der Waals surface area contributed by atoms with Crippen LogP contribution >= 0.6 is 12.2 Å². The van der Waals surface area contributed by atoms with Crippen LogP contribution in [-0.2, 0) is 13.2 Å². The smallest absolute Gasteiger partial charge is 0.287 e. The van der Waals surface area contributed by atoms with E-state index in [1.807, 2.05) is 43.3 Å². The highest BCUT2D eigenvalue weighted by atomic mass is 32.1. The summed E-state index contributed by atoms with van der Waals surface area (Å²) in [6.07, 6.45) is 0. The van der Waals surface area contributed by atoms with Crippen LogP contribution in [0.15, 0.2) is 77.2 Å². The maximum absolute atomic E-state index is 12.8. The third-order valence-electron chi connectivity index (χ3n) is 5.24. The molecular formula is C27H26N2O4S. The van der Waals surface area contributed by atoms with Crippen LogP contribution in [0.5, 0.6) is 17.2 Å². The van der Waals surface area contributed by atoms with Crippen LogP contribution in [0.4, 0.5) is 0 Å². The number of aryl methyl sites for hydroxylation is 1. The minimum Gasteiger partial charge on any atom is -0.484 e. The monoisotopic (exact) mass is 474 g/mol. The fourth-order valence-corrected chi connectivity index (χ4v) is 3.65. The van der Waals surface area contributed by atoms with Gasteiger partial charge in [0.1, 0.15) is 23.8 Å². The summed E-state index contributed by atoms with van der Waals surface area (Å²) in [4.78, 5) is 12.9. The summed E-state index contributed by atoms with van der Waals surface area (Å²) in [6.45, 7) is 6.35. The zero-order valence-electron chi connectivity index (χ0n) is 19.4. The number of Topliss-reactive ketones (excluding diaryl/α,β-unsaturated/α-hetero) is 1. The highest BCUT2D eigenvalue weighted by Crippen LogP contribution is 2.28. The summed E-state index contributed by atoms with van der Waals surface area (Å²) < 4.78 is 18.7. The van der Waals surface area contributed by atoms with Crippen LogP contribution in [0.25, 0.3) is 0 Å². The van der Waals surface area contributed by atoms with Gasteiger partial charge in [-0.15, -0.1) is 5.10 Å². The van der Waals surface area contributed by atoms with Crippen molar-refractivity contribution in [3.63, 3.8) is 0 Å². The molecule has 174 valence electrons. The van der Waals surface area contributed by atoms with Gasteiger partial charge < -0.3 is 13.9 Å². The molecule has 0 spiro atoms. The maximum Gasteiger partial charge on any atom is 0.287 e. The van der Waals surface area contributed by atoms with Gasteiger partial charge in [-0.1, -0.05) is 44.2 Å². The summed E-state index contributed by atoms with van der Waals surface area (Å²) in [7, 11) is 0. The van der Waals surface area contributed by atoms with E-state index < -0.39 is 0 Å².